The standard InChI is InChI=1S/C21H16F5N5OS/c1-9-2-10(6-27)7-29-16(9)17(32)30-11-3-12(15(24)13(23)4-11)20(8-22)14-5-21(14,18(25)26)33-19(28)31-20/h2-4,7,14,18H,5,8H2,1H3,(H2,28,31)(H,30,32)/t14-,20+,21-/m0/s1. The number of nitrogens with one attached hydrogen (secondary N) is 1. The van der Waals surface area contributed by atoms with Gasteiger partial charge in [0.1, 0.15) is 24.0 Å². The van der Waals surface area contributed by atoms with Gasteiger partial charge in [-0.15, -0.1) is 0 Å². The Balaban J connectivity index is 1.75. The topological polar surface area (TPSA) is 104 Å². The van der Waals surface area contributed by atoms with Crippen LogP contribution in [-0.2, 0) is 5.54 Å². The molecule has 1 aromatic heterocycles. The Morgan fingerprint density at radius 1 is 1.39 bits per heavy atom. The van der Waals surface area contributed by atoms with Crippen molar-refractivity contribution in [3.8, 4) is 6.07 Å². The van der Waals surface area contributed by atoms with Crippen LogP contribution in [0.25, 0.3) is 0 Å². The van der Waals surface area contributed by atoms with E-state index in [9.17, 15) is 26.7 Å². The molecule has 172 valence electrons. The predicted molar refractivity (Wildman–Crippen MR) is 112 cm³/mol. The lowest BCUT2D eigenvalue weighted by Gasteiger charge is -2.35. The summed E-state index contributed by atoms with van der Waals surface area (Å²) in [7, 11) is 0. The molecule has 1 aliphatic carbocycles. The summed E-state index contributed by atoms with van der Waals surface area (Å²) in [5.74, 6) is -4.79. The number of carbonyl (C=O) groups is 1. The minimum absolute atomic E-state index is 0.0734. The number of hydrogen-bond acceptors (Lipinski definition) is 6. The number of pyridine rings is 1. The first-order valence-corrected chi connectivity index (χ1v) is 10.5. The molecule has 1 aromatic carbocycles. The number of anilines is 1. The van der Waals surface area contributed by atoms with E-state index in [1.54, 1.807) is 0 Å². The zero-order valence-electron chi connectivity index (χ0n) is 17.0. The Labute approximate surface area is 189 Å². The molecule has 1 saturated carbocycles. The number of thioether (sulfide) groups is 1. The number of amidine groups is 1. The third-order valence-electron chi connectivity index (χ3n) is 5.88. The molecular weight excluding hydrogens is 465 g/mol. The van der Waals surface area contributed by atoms with Gasteiger partial charge in [0, 0.05) is 29.4 Å². The lowest BCUT2D eigenvalue weighted by Crippen LogP contribution is -2.42. The minimum atomic E-state index is -2.88. The Morgan fingerprint density at radius 3 is 2.73 bits per heavy atom. The number of aromatic nitrogens is 1. The summed E-state index contributed by atoms with van der Waals surface area (Å²) in [5.41, 5.74) is 3.18. The van der Waals surface area contributed by atoms with Crippen molar-refractivity contribution in [2.45, 2.75) is 30.1 Å². The van der Waals surface area contributed by atoms with Gasteiger partial charge in [0.25, 0.3) is 12.3 Å². The average molecular weight is 481 g/mol. The van der Waals surface area contributed by atoms with Crippen LogP contribution in [0.4, 0.5) is 27.6 Å². The highest BCUT2D eigenvalue weighted by molar-refractivity contribution is 8.15. The summed E-state index contributed by atoms with van der Waals surface area (Å²) in [6.07, 6.45) is -1.89. The summed E-state index contributed by atoms with van der Waals surface area (Å²) in [5, 5.41) is 10.9. The number of benzene rings is 1. The number of nitrogens with two attached hydrogens (primary N) is 1. The van der Waals surface area contributed by atoms with Crippen LogP contribution >= 0.6 is 11.8 Å². The molecule has 2 aromatic rings. The maximum atomic E-state index is 14.8. The van der Waals surface area contributed by atoms with Crippen molar-refractivity contribution >= 4 is 28.5 Å². The average Bonchev–Trinajstić information content (AvgIpc) is 3.51. The number of fused-ring (bicyclic) bond motifs is 1. The van der Waals surface area contributed by atoms with E-state index in [-0.39, 0.29) is 28.5 Å². The second kappa shape index (κ2) is 7.98. The molecule has 0 saturated heterocycles. The van der Waals surface area contributed by atoms with Crippen LogP contribution in [0.15, 0.2) is 29.4 Å². The van der Waals surface area contributed by atoms with Gasteiger partial charge in [-0.05, 0) is 31.0 Å². The quantitative estimate of drug-likeness (QED) is 0.628. The third kappa shape index (κ3) is 3.60. The van der Waals surface area contributed by atoms with E-state index < -0.39 is 52.4 Å². The summed E-state index contributed by atoms with van der Waals surface area (Å²) in [6, 6.07) is 4.95. The number of aryl methyl sites for hydroxylation is 1. The van der Waals surface area contributed by atoms with Gasteiger partial charge in [0.15, 0.2) is 16.8 Å². The van der Waals surface area contributed by atoms with Crippen LogP contribution in [0.5, 0.6) is 0 Å². The lowest BCUT2D eigenvalue weighted by molar-refractivity contribution is 0.102. The molecule has 0 spiro atoms. The van der Waals surface area contributed by atoms with Crippen molar-refractivity contribution in [1.82, 2.24) is 4.98 Å². The highest BCUT2D eigenvalue weighted by atomic mass is 32.2. The molecule has 2 heterocycles. The second-order valence-corrected chi connectivity index (χ2v) is 9.28. The van der Waals surface area contributed by atoms with Crippen molar-refractivity contribution in [3.63, 3.8) is 0 Å². The maximum Gasteiger partial charge on any atom is 0.274 e. The number of nitrogens with zero attached hydrogens (tertiary/aromatic N) is 3. The minimum Gasteiger partial charge on any atom is -0.378 e. The van der Waals surface area contributed by atoms with Crippen LogP contribution in [0.1, 0.15) is 33.6 Å². The fourth-order valence-electron chi connectivity index (χ4n) is 4.21. The first-order valence-electron chi connectivity index (χ1n) is 9.64. The van der Waals surface area contributed by atoms with Crippen molar-refractivity contribution in [1.29, 1.82) is 5.26 Å². The van der Waals surface area contributed by atoms with E-state index in [1.165, 1.54) is 19.2 Å². The van der Waals surface area contributed by atoms with E-state index in [4.69, 9.17) is 11.0 Å². The number of carbonyl (C=O) groups excluding carboxylic acids is 1. The molecule has 1 amide bonds. The van der Waals surface area contributed by atoms with E-state index in [0.717, 1.165) is 6.07 Å². The highest BCUT2D eigenvalue weighted by Crippen LogP contribution is 2.68. The molecule has 0 unspecified atom stereocenters. The van der Waals surface area contributed by atoms with E-state index in [0.29, 0.717) is 23.4 Å². The largest absolute Gasteiger partial charge is 0.378 e. The molecule has 1 fully saturated rings. The number of aliphatic imine (C=N–C) groups is 1. The van der Waals surface area contributed by atoms with Gasteiger partial charge in [-0.2, -0.15) is 5.26 Å². The molecule has 4 rings (SSSR count). The van der Waals surface area contributed by atoms with Crippen LogP contribution in [0, 0.1) is 35.8 Å². The van der Waals surface area contributed by atoms with Crippen molar-refractivity contribution in [3.05, 3.63) is 58.4 Å². The van der Waals surface area contributed by atoms with Gasteiger partial charge in [-0.25, -0.2) is 31.9 Å². The highest BCUT2D eigenvalue weighted by Gasteiger charge is 2.72. The monoisotopic (exact) mass is 481 g/mol. The van der Waals surface area contributed by atoms with Gasteiger partial charge in [0.2, 0.25) is 0 Å². The van der Waals surface area contributed by atoms with E-state index in [1.807, 2.05) is 6.07 Å². The van der Waals surface area contributed by atoms with E-state index in [2.05, 4.69) is 15.3 Å². The number of rotatable bonds is 5. The number of nitriles is 1. The zero-order chi connectivity index (χ0) is 24.1. The van der Waals surface area contributed by atoms with Crippen LogP contribution in [0.3, 0.4) is 0 Å². The molecule has 0 bridgehead atoms. The van der Waals surface area contributed by atoms with E-state index >= 15 is 0 Å². The van der Waals surface area contributed by atoms with Gasteiger partial charge in [-0.3, -0.25) is 4.79 Å². The van der Waals surface area contributed by atoms with Gasteiger partial charge >= 0.3 is 0 Å². The Bertz CT molecular complexity index is 1230. The maximum absolute atomic E-state index is 14.8. The molecule has 2 aliphatic rings. The normalized spacial score (nSPS) is 25.8. The third-order valence-corrected chi connectivity index (χ3v) is 7.19. The smallest absolute Gasteiger partial charge is 0.274 e. The molecule has 6 nitrogen and oxygen atoms in total. The predicted octanol–water partition coefficient (Wildman–Crippen LogP) is 4.04. The van der Waals surface area contributed by atoms with Crippen LogP contribution < -0.4 is 11.1 Å². The Kier molecular flexibility index (Phi) is 5.56. The molecule has 12 heteroatoms. The number of halogens is 5. The SMILES string of the molecule is Cc1cc(C#N)cnc1C(=O)Nc1cc(F)c(F)c([C@@]2(CF)N=C(N)S[C@@]3(C(F)F)C[C@@H]23)c1. The number of amides is 1. The molecule has 3 N–H and O–H groups in total. The lowest BCUT2D eigenvalue weighted by atomic mass is 9.84. The summed E-state index contributed by atoms with van der Waals surface area (Å²) >= 11 is 0.604. The van der Waals surface area contributed by atoms with Crippen molar-refractivity contribution < 1.29 is 26.7 Å². The summed E-state index contributed by atoms with van der Waals surface area (Å²) < 4.78 is 69.4. The molecular formula is C21H16F5N5OS. The zero-order valence-corrected chi connectivity index (χ0v) is 17.8. The van der Waals surface area contributed by atoms with Crippen LogP contribution in [-0.4, -0.2) is 33.9 Å². The van der Waals surface area contributed by atoms with Gasteiger partial charge in [-0.1, -0.05) is 11.8 Å². The Morgan fingerprint density at radius 2 is 2.12 bits per heavy atom. The molecule has 3 atom stereocenters. The first-order chi connectivity index (χ1) is 15.6. The van der Waals surface area contributed by atoms with Crippen molar-refractivity contribution in [2.24, 2.45) is 16.6 Å². The van der Waals surface area contributed by atoms with Crippen molar-refractivity contribution in [2.75, 3.05) is 12.0 Å². The van der Waals surface area contributed by atoms with Crippen LogP contribution in [0.2, 0.25) is 0 Å². The molecule has 1 aliphatic heterocycles. The second-order valence-electron chi connectivity index (χ2n) is 7.90. The summed E-state index contributed by atoms with van der Waals surface area (Å²) in [6.45, 7) is 0.142. The number of hydrogen-bond donors (Lipinski definition) is 2. The fraction of sp³-hybridized carbons (Fsp3) is 0.333. The summed E-state index contributed by atoms with van der Waals surface area (Å²) in [4.78, 5) is 20.5. The van der Waals surface area contributed by atoms with Gasteiger partial charge in [0.05, 0.1) is 10.3 Å². The fourth-order valence-corrected chi connectivity index (χ4v) is 5.48. The first kappa shape index (κ1) is 23.0. The number of alkyl halides is 3. The Hall–Kier alpha value is -3.20. The molecule has 0 radical (unpaired) electrons. The molecule has 33 heavy (non-hydrogen) atoms. The van der Waals surface area contributed by atoms with Gasteiger partial charge < -0.3 is 11.1 Å².